The summed E-state index contributed by atoms with van der Waals surface area (Å²) in [4.78, 5) is 23.0. The van der Waals surface area contributed by atoms with Gasteiger partial charge in [-0.15, -0.1) is 23.2 Å². The highest BCUT2D eigenvalue weighted by Crippen LogP contribution is 2.06. The number of esters is 2. The van der Waals surface area contributed by atoms with Crippen LogP contribution in [0, 0.1) is 0 Å². The number of rotatable bonds is 17. The molecule has 0 fully saturated rings. The molecule has 0 aromatic carbocycles. The van der Waals surface area contributed by atoms with Crippen LogP contribution >= 0.6 is 23.2 Å². The molecule has 0 aliphatic heterocycles. The topological polar surface area (TPSA) is 52.6 Å². The minimum absolute atomic E-state index is 0.0980. The van der Waals surface area contributed by atoms with Crippen LogP contribution in [0.15, 0.2) is 0 Å². The third-order valence-corrected chi connectivity index (χ3v) is 4.15. The molecule has 6 heteroatoms. The van der Waals surface area contributed by atoms with E-state index >= 15 is 0 Å². The Morgan fingerprint density at radius 3 is 1.25 bits per heavy atom. The van der Waals surface area contributed by atoms with E-state index in [0.717, 1.165) is 64.2 Å². The molecule has 142 valence electrons. The minimum Gasteiger partial charge on any atom is -0.466 e. The SMILES string of the molecule is O=C(CCC(=O)OCCCCCCCCl)OCCCCCCCCl. The number of carbonyl (C=O) groups is 2. The summed E-state index contributed by atoms with van der Waals surface area (Å²) in [5.74, 6) is 0.765. The lowest BCUT2D eigenvalue weighted by atomic mass is 10.2. The normalized spacial score (nSPS) is 10.6. The van der Waals surface area contributed by atoms with E-state index in [1.54, 1.807) is 0 Å². The van der Waals surface area contributed by atoms with Gasteiger partial charge in [0.2, 0.25) is 0 Å². The summed E-state index contributed by atoms with van der Waals surface area (Å²) in [6, 6.07) is 0. The molecule has 0 aromatic heterocycles. The summed E-state index contributed by atoms with van der Waals surface area (Å²) in [5.41, 5.74) is 0. The van der Waals surface area contributed by atoms with Gasteiger partial charge in [-0.05, 0) is 25.7 Å². The predicted octanol–water partition coefficient (Wildman–Crippen LogP) is 5.23. The zero-order valence-corrected chi connectivity index (χ0v) is 16.2. The molecule has 0 saturated heterocycles. The smallest absolute Gasteiger partial charge is 0.306 e. The third kappa shape index (κ3) is 17.9. The zero-order chi connectivity index (χ0) is 17.9. The standard InChI is InChI=1S/C18H32Cl2O4/c19-13-7-3-1-5-9-15-23-17(21)11-12-18(22)24-16-10-6-2-4-8-14-20/h1-16H2. The van der Waals surface area contributed by atoms with E-state index in [1.165, 1.54) is 0 Å². The maximum Gasteiger partial charge on any atom is 0.306 e. The highest BCUT2D eigenvalue weighted by Gasteiger charge is 2.08. The van der Waals surface area contributed by atoms with Crippen LogP contribution in [0.25, 0.3) is 0 Å². The Morgan fingerprint density at radius 2 is 0.875 bits per heavy atom. The molecule has 4 nitrogen and oxygen atoms in total. The van der Waals surface area contributed by atoms with E-state index in [0.29, 0.717) is 25.0 Å². The number of hydrogen-bond acceptors (Lipinski definition) is 4. The second kappa shape index (κ2) is 18.9. The van der Waals surface area contributed by atoms with Gasteiger partial charge in [-0.3, -0.25) is 9.59 Å². The Labute approximate surface area is 156 Å². The summed E-state index contributed by atoms with van der Waals surface area (Å²) in [6.07, 6.45) is 10.5. The number of ether oxygens (including phenoxy) is 2. The quantitative estimate of drug-likeness (QED) is 0.196. The molecule has 0 bridgehead atoms. The fourth-order valence-corrected chi connectivity index (χ4v) is 2.55. The summed E-state index contributed by atoms with van der Waals surface area (Å²) in [5, 5.41) is 0. The molecule has 0 spiro atoms. The molecular weight excluding hydrogens is 351 g/mol. The molecule has 0 aliphatic carbocycles. The summed E-state index contributed by atoms with van der Waals surface area (Å²) in [6.45, 7) is 0.855. The maximum absolute atomic E-state index is 11.5. The highest BCUT2D eigenvalue weighted by atomic mass is 35.5. The Hall–Kier alpha value is -0.480. The second-order valence-corrected chi connectivity index (χ2v) is 6.61. The van der Waals surface area contributed by atoms with Crippen molar-refractivity contribution >= 4 is 35.1 Å². The van der Waals surface area contributed by atoms with Gasteiger partial charge in [0.05, 0.1) is 26.1 Å². The van der Waals surface area contributed by atoms with E-state index in [-0.39, 0.29) is 24.8 Å². The summed E-state index contributed by atoms with van der Waals surface area (Å²) < 4.78 is 10.2. The van der Waals surface area contributed by atoms with Crippen molar-refractivity contribution in [3.63, 3.8) is 0 Å². The van der Waals surface area contributed by atoms with E-state index in [2.05, 4.69) is 0 Å². The molecule has 0 aromatic rings. The molecule has 0 saturated carbocycles. The van der Waals surface area contributed by atoms with Crippen molar-refractivity contribution in [2.24, 2.45) is 0 Å². The van der Waals surface area contributed by atoms with Crippen LogP contribution in [-0.4, -0.2) is 36.9 Å². The zero-order valence-electron chi connectivity index (χ0n) is 14.7. The van der Waals surface area contributed by atoms with Crippen LogP contribution in [0.1, 0.15) is 77.0 Å². The second-order valence-electron chi connectivity index (χ2n) is 5.85. The van der Waals surface area contributed by atoms with Crippen molar-refractivity contribution in [3.8, 4) is 0 Å². The van der Waals surface area contributed by atoms with E-state index < -0.39 is 0 Å². The Balaban J connectivity index is 3.34. The molecule has 0 unspecified atom stereocenters. The first-order valence-electron chi connectivity index (χ1n) is 9.14. The fraction of sp³-hybridized carbons (Fsp3) is 0.889. The Kier molecular flexibility index (Phi) is 18.5. The van der Waals surface area contributed by atoms with Gasteiger partial charge in [-0.25, -0.2) is 0 Å². The lowest BCUT2D eigenvalue weighted by Gasteiger charge is -2.06. The van der Waals surface area contributed by atoms with Gasteiger partial charge in [0.1, 0.15) is 0 Å². The predicted molar refractivity (Wildman–Crippen MR) is 98.8 cm³/mol. The molecular formula is C18H32Cl2O4. The van der Waals surface area contributed by atoms with Gasteiger partial charge in [0.15, 0.2) is 0 Å². The molecule has 0 radical (unpaired) electrons. The van der Waals surface area contributed by atoms with Crippen molar-refractivity contribution in [2.75, 3.05) is 25.0 Å². The van der Waals surface area contributed by atoms with Gasteiger partial charge in [-0.2, -0.15) is 0 Å². The van der Waals surface area contributed by atoms with Gasteiger partial charge < -0.3 is 9.47 Å². The first-order chi connectivity index (χ1) is 11.7. The minimum atomic E-state index is -0.325. The van der Waals surface area contributed by atoms with Gasteiger partial charge >= 0.3 is 11.9 Å². The van der Waals surface area contributed by atoms with E-state index in [9.17, 15) is 9.59 Å². The van der Waals surface area contributed by atoms with Crippen LogP contribution in [-0.2, 0) is 19.1 Å². The Morgan fingerprint density at radius 1 is 0.542 bits per heavy atom. The number of carbonyl (C=O) groups excluding carboxylic acids is 2. The van der Waals surface area contributed by atoms with Crippen molar-refractivity contribution in [2.45, 2.75) is 77.0 Å². The number of halogens is 2. The number of alkyl halides is 2. The van der Waals surface area contributed by atoms with Gasteiger partial charge in [0.25, 0.3) is 0 Å². The van der Waals surface area contributed by atoms with Crippen molar-refractivity contribution in [1.29, 1.82) is 0 Å². The van der Waals surface area contributed by atoms with Crippen LogP contribution in [0.2, 0.25) is 0 Å². The molecule has 0 N–H and O–H groups in total. The first kappa shape index (κ1) is 23.5. The van der Waals surface area contributed by atoms with Crippen LogP contribution < -0.4 is 0 Å². The number of hydrogen-bond donors (Lipinski definition) is 0. The molecule has 0 rings (SSSR count). The van der Waals surface area contributed by atoms with E-state index in [4.69, 9.17) is 32.7 Å². The van der Waals surface area contributed by atoms with Crippen LogP contribution in [0.4, 0.5) is 0 Å². The molecule has 24 heavy (non-hydrogen) atoms. The van der Waals surface area contributed by atoms with Crippen LogP contribution in [0.5, 0.6) is 0 Å². The molecule has 0 heterocycles. The Bertz CT molecular complexity index is 281. The largest absolute Gasteiger partial charge is 0.466 e. The monoisotopic (exact) mass is 382 g/mol. The van der Waals surface area contributed by atoms with Gasteiger partial charge in [-0.1, -0.05) is 38.5 Å². The first-order valence-corrected chi connectivity index (χ1v) is 10.2. The molecule has 0 amide bonds. The number of unbranched alkanes of at least 4 members (excludes halogenated alkanes) is 8. The lowest BCUT2D eigenvalue weighted by Crippen LogP contribution is -2.11. The average molecular weight is 383 g/mol. The molecule has 0 aliphatic rings. The maximum atomic E-state index is 11.5. The van der Waals surface area contributed by atoms with Crippen molar-refractivity contribution in [3.05, 3.63) is 0 Å². The van der Waals surface area contributed by atoms with Gasteiger partial charge in [0, 0.05) is 11.8 Å². The lowest BCUT2D eigenvalue weighted by molar-refractivity contribution is -0.150. The fourth-order valence-electron chi connectivity index (χ4n) is 2.17. The summed E-state index contributed by atoms with van der Waals surface area (Å²) >= 11 is 11.2. The third-order valence-electron chi connectivity index (χ3n) is 3.62. The van der Waals surface area contributed by atoms with Crippen LogP contribution in [0.3, 0.4) is 0 Å². The highest BCUT2D eigenvalue weighted by molar-refractivity contribution is 6.18. The summed E-state index contributed by atoms with van der Waals surface area (Å²) in [7, 11) is 0. The average Bonchev–Trinajstić information content (AvgIpc) is 2.58. The van der Waals surface area contributed by atoms with E-state index in [1.807, 2.05) is 0 Å². The van der Waals surface area contributed by atoms with Crippen molar-refractivity contribution < 1.29 is 19.1 Å². The van der Waals surface area contributed by atoms with Crippen molar-refractivity contribution in [1.82, 2.24) is 0 Å². The molecule has 0 atom stereocenters.